The summed E-state index contributed by atoms with van der Waals surface area (Å²) in [5, 5.41) is 6.72. The third-order valence-corrected chi connectivity index (χ3v) is 4.74. The summed E-state index contributed by atoms with van der Waals surface area (Å²) < 4.78 is 5.30. The van der Waals surface area contributed by atoms with Crippen LogP contribution < -0.4 is 10.6 Å². The first-order valence-electron chi connectivity index (χ1n) is 8.25. The number of halogens is 2. The van der Waals surface area contributed by atoms with Crippen molar-refractivity contribution >= 4 is 40.6 Å². The maximum atomic E-state index is 12.1. The number of benzene rings is 1. The van der Waals surface area contributed by atoms with Gasteiger partial charge in [-0.25, -0.2) is 9.97 Å². The SMILES string of the molecule is O=C(NCCN1CCOCC1)c1cnc(Nc2cccc(Cl)c2Cl)cn1. The van der Waals surface area contributed by atoms with Gasteiger partial charge in [0.15, 0.2) is 0 Å². The van der Waals surface area contributed by atoms with Crippen LogP contribution in [0.5, 0.6) is 0 Å². The molecule has 3 rings (SSSR count). The molecule has 7 nitrogen and oxygen atoms in total. The van der Waals surface area contributed by atoms with Gasteiger partial charge in [-0.3, -0.25) is 9.69 Å². The first kappa shape index (κ1) is 18.8. The molecule has 1 aromatic carbocycles. The molecule has 0 spiro atoms. The number of nitrogens with one attached hydrogen (secondary N) is 2. The number of amides is 1. The van der Waals surface area contributed by atoms with Crippen molar-refractivity contribution in [2.75, 3.05) is 44.7 Å². The first-order valence-corrected chi connectivity index (χ1v) is 9.00. The Bertz CT molecular complexity index is 751. The molecule has 1 aliphatic heterocycles. The Labute approximate surface area is 161 Å². The molecule has 0 radical (unpaired) electrons. The minimum atomic E-state index is -0.252. The maximum absolute atomic E-state index is 12.1. The van der Waals surface area contributed by atoms with Crippen molar-refractivity contribution in [3.8, 4) is 0 Å². The Hall–Kier alpha value is -1.93. The van der Waals surface area contributed by atoms with E-state index in [-0.39, 0.29) is 11.6 Å². The van der Waals surface area contributed by atoms with Crippen molar-refractivity contribution < 1.29 is 9.53 Å². The van der Waals surface area contributed by atoms with E-state index >= 15 is 0 Å². The number of nitrogens with zero attached hydrogens (tertiary/aromatic N) is 3. The summed E-state index contributed by atoms with van der Waals surface area (Å²) in [5.41, 5.74) is 0.880. The van der Waals surface area contributed by atoms with E-state index < -0.39 is 0 Å². The highest BCUT2D eigenvalue weighted by molar-refractivity contribution is 6.43. The van der Waals surface area contributed by atoms with Crippen molar-refractivity contribution in [2.45, 2.75) is 0 Å². The smallest absolute Gasteiger partial charge is 0.271 e. The Kier molecular flexibility index (Phi) is 6.62. The van der Waals surface area contributed by atoms with Crippen molar-refractivity contribution in [1.29, 1.82) is 0 Å². The molecule has 1 amide bonds. The van der Waals surface area contributed by atoms with E-state index in [9.17, 15) is 4.79 Å². The molecule has 0 unspecified atom stereocenters. The third-order valence-electron chi connectivity index (χ3n) is 3.92. The number of hydrogen-bond acceptors (Lipinski definition) is 6. The van der Waals surface area contributed by atoms with E-state index in [1.165, 1.54) is 12.4 Å². The molecule has 9 heteroatoms. The van der Waals surface area contributed by atoms with E-state index in [4.69, 9.17) is 27.9 Å². The summed E-state index contributed by atoms with van der Waals surface area (Å²) in [6.45, 7) is 4.60. The third kappa shape index (κ3) is 5.04. The highest BCUT2D eigenvalue weighted by atomic mass is 35.5. The lowest BCUT2D eigenvalue weighted by Gasteiger charge is -2.26. The Morgan fingerprint density at radius 3 is 2.73 bits per heavy atom. The van der Waals surface area contributed by atoms with Crippen LogP contribution in [0, 0.1) is 0 Å². The van der Waals surface area contributed by atoms with E-state index in [1.54, 1.807) is 18.2 Å². The lowest BCUT2D eigenvalue weighted by molar-refractivity contribution is 0.0383. The second-order valence-electron chi connectivity index (χ2n) is 5.72. The van der Waals surface area contributed by atoms with Gasteiger partial charge in [-0.05, 0) is 12.1 Å². The molecule has 1 aliphatic rings. The summed E-state index contributed by atoms with van der Waals surface area (Å²) in [7, 11) is 0. The molecule has 0 atom stereocenters. The van der Waals surface area contributed by atoms with Gasteiger partial charge in [-0.2, -0.15) is 0 Å². The van der Waals surface area contributed by atoms with Crippen LogP contribution in [0.2, 0.25) is 10.0 Å². The summed E-state index contributed by atoms with van der Waals surface area (Å²) in [6, 6.07) is 5.26. The zero-order valence-electron chi connectivity index (χ0n) is 14.0. The molecule has 0 aliphatic carbocycles. The number of carbonyl (C=O) groups excluding carboxylic acids is 1. The number of carbonyl (C=O) groups is 1. The molecule has 2 N–H and O–H groups in total. The monoisotopic (exact) mass is 395 g/mol. The fraction of sp³-hybridized carbons (Fsp3) is 0.353. The second kappa shape index (κ2) is 9.14. The van der Waals surface area contributed by atoms with Gasteiger partial charge in [0.25, 0.3) is 5.91 Å². The van der Waals surface area contributed by atoms with Crippen LogP contribution in [-0.4, -0.2) is 60.2 Å². The zero-order valence-corrected chi connectivity index (χ0v) is 15.6. The van der Waals surface area contributed by atoms with E-state index in [0.29, 0.717) is 28.1 Å². The molecule has 26 heavy (non-hydrogen) atoms. The number of morpholine rings is 1. The Balaban J connectivity index is 1.51. The quantitative estimate of drug-likeness (QED) is 0.782. The van der Waals surface area contributed by atoms with Crippen LogP contribution in [-0.2, 0) is 4.74 Å². The first-order chi connectivity index (χ1) is 12.6. The van der Waals surface area contributed by atoms with E-state index in [2.05, 4.69) is 25.5 Å². The molecule has 2 heterocycles. The lowest BCUT2D eigenvalue weighted by Crippen LogP contribution is -2.41. The average molecular weight is 396 g/mol. The van der Waals surface area contributed by atoms with Crippen LogP contribution >= 0.6 is 23.2 Å². The zero-order chi connectivity index (χ0) is 18.4. The molecule has 1 aromatic heterocycles. The molecule has 1 fully saturated rings. The van der Waals surface area contributed by atoms with Gasteiger partial charge in [0.1, 0.15) is 11.5 Å². The largest absolute Gasteiger partial charge is 0.379 e. The van der Waals surface area contributed by atoms with Gasteiger partial charge >= 0.3 is 0 Å². The fourth-order valence-electron chi connectivity index (χ4n) is 2.49. The standard InChI is InChI=1S/C17H19Cl2N5O2/c18-12-2-1-3-13(16(12)19)23-15-11-21-14(10-22-15)17(25)20-4-5-24-6-8-26-9-7-24/h1-3,10-11H,4-9H2,(H,20,25)(H,22,23). The van der Waals surface area contributed by atoms with Crippen LogP contribution in [0.3, 0.4) is 0 Å². The summed E-state index contributed by atoms with van der Waals surface area (Å²) in [6.07, 6.45) is 2.90. The van der Waals surface area contributed by atoms with Gasteiger partial charge in [0.2, 0.25) is 0 Å². The number of ether oxygens (including phenoxy) is 1. The second-order valence-corrected chi connectivity index (χ2v) is 6.51. The lowest BCUT2D eigenvalue weighted by atomic mass is 10.3. The number of rotatable bonds is 6. The van der Waals surface area contributed by atoms with Crippen molar-refractivity contribution in [2.24, 2.45) is 0 Å². The minimum absolute atomic E-state index is 0.252. The molecular formula is C17H19Cl2N5O2. The van der Waals surface area contributed by atoms with Crippen LogP contribution in [0.1, 0.15) is 10.5 Å². The van der Waals surface area contributed by atoms with Gasteiger partial charge in [0.05, 0.1) is 41.3 Å². The van der Waals surface area contributed by atoms with Gasteiger partial charge in [0, 0.05) is 26.2 Å². The minimum Gasteiger partial charge on any atom is -0.379 e. The number of hydrogen-bond donors (Lipinski definition) is 2. The molecular weight excluding hydrogens is 377 g/mol. The predicted octanol–water partition coefficient (Wildman–Crippen LogP) is 2.59. The highest BCUT2D eigenvalue weighted by Crippen LogP contribution is 2.31. The van der Waals surface area contributed by atoms with Crippen molar-refractivity contribution in [1.82, 2.24) is 20.2 Å². The van der Waals surface area contributed by atoms with Gasteiger partial charge in [-0.15, -0.1) is 0 Å². The summed E-state index contributed by atoms with van der Waals surface area (Å²) in [5.74, 6) is 0.220. The molecule has 138 valence electrons. The maximum Gasteiger partial charge on any atom is 0.271 e. The van der Waals surface area contributed by atoms with Gasteiger partial charge in [-0.1, -0.05) is 29.3 Å². The van der Waals surface area contributed by atoms with Crippen LogP contribution in [0.4, 0.5) is 11.5 Å². The van der Waals surface area contributed by atoms with E-state index in [0.717, 1.165) is 32.8 Å². The Morgan fingerprint density at radius 1 is 1.19 bits per heavy atom. The van der Waals surface area contributed by atoms with Crippen molar-refractivity contribution in [3.63, 3.8) is 0 Å². The number of aromatic nitrogens is 2. The molecule has 0 saturated carbocycles. The van der Waals surface area contributed by atoms with Crippen LogP contribution in [0.25, 0.3) is 0 Å². The molecule has 1 saturated heterocycles. The number of anilines is 2. The van der Waals surface area contributed by atoms with Gasteiger partial charge < -0.3 is 15.4 Å². The topological polar surface area (TPSA) is 79.4 Å². The molecule has 0 bridgehead atoms. The normalized spacial score (nSPS) is 14.8. The predicted molar refractivity (Wildman–Crippen MR) is 101 cm³/mol. The summed E-state index contributed by atoms with van der Waals surface area (Å²) >= 11 is 12.1. The van der Waals surface area contributed by atoms with Crippen molar-refractivity contribution in [3.05, 3.63) is 46.3 Å². The highest BCUT2D eigenvalue weighted by Gasteiger charge is 2.12. The molecule has 2 aromatic rings. The summed E-state index contributed by atoms with van der Waals surface area (Å²) in [4.78, 5) is 22.7. The fourth-order valence-corrected chi connectivity index (χ4v) is 2.84. The average Bonchev–Trinajstić information content (AvgIpc) is 2.67. The van der Waals surface area contributed by atoms with Crippen LogP contribution in [0.15, 0.2) is 30.6 Å². The Morgan fingerprint density at radius 2 is 2.00 bits per heavy atom. The van der Waals surface area contributed by atoms with E-state index in [1.807, 2.05) is 0 Å².